The summed E-state index contributed by atoms with van der Waals surface area (Å²) in [5.74, 6) is -1.03. The summed E-state index contributed by atoms with van der Waals surface area (Å²) in [4.78, 5) is 35.6. The van der Waals surface area contributed by atoms with Crippen LogP contribution >= 0.6 is 0 Å². The van der Waals surface area contributed by atoms with Crippen LogP contribution < -0.4 is 16.4 Å². The molecule has 1 saturated carbocycles. The van der Waals surface area contributed by atoms with Gasteiger partial charge in [-0.05, 0) is 43.5 Å². The van der Waals surface area contributed by atoms with E-state index in [0.717, 1.165) is 5.56 Å². The molecule has 0 spiro atoms. The summed E-state index contributed by atoms with van der Waals surface area (Å²) < 4.78 is 0. The Hall–Kier alpha value is -2.37. The average molecular weight is 317 g/mol. The number of carbonyl (C=O) groups excluding carboxylic acids is 3. The van der Waals surface area contributed by atoms with Gasteiger partial charge < -0.3 is 16.4 Å². The molecule has 1 aromatic carbocycles. The number of aryl methyl sites for hydroxylation is 1. The second-order valence-electron chi connectivity index (χ2n) is 7.13. The van der Waals surface area contributed by atoms with Crippen LogP contribution in [0.25, 0.3) is 0 Å². The predicted molar refractivity (Wildman–Crippen MR) is 88.8 cm³/mol. The van der Waals surface area contributed by atoms with Crippen LogP contribution in [-0.2, 0) is 14.4 Å². The topological polar surface area (TPSA) is 101 Å². The highest BCUT2D eigenvalue weighted by Gasteiger charge is 2.55. The van der Waals surface area contributed by atoms with Crippen LogP contribution in [0, 0.1) is 17.8 Å². The van der Waals surface area contributed by atoms with Gasteiger partial charge in [0.15, 0.2) is 0 Å². The molecule has 1 fully saturated rings. The fraction of sp³-hybridized carbons (Fsp3) is 0.471. The summed E-state index contributed by atoms with van der Waals surface area (Å²) in [7, 11) is 0. The molecule has 0 saturated heterocycles. The van der Waals surface area contributed by atoms with E-state index in [1.807, 2.05) is 27.7 Å². The first-order valence-corrected chi connectivity index (χ1v) is 7.60. The van der Waals surface area contributed by atoms with Gasteiger partial charge in [0.1, 0.15) is 5.41 Å². The molecule has 0 unspecified atom stereocenters. The minimum Gasteiger partial charge on any atom is -0.369 e. The van der Waals surface area contributed by atoms with Gasteiger partial charge in [-0.15, -0.1) is 0 Å². The zero-order valence-electron chi connectivity index (χ0n) is 13.9. The van der Waals surface area contributed by atoms with Crippen molar-refractivity contribution in [3.8, 4) is 0 Å². The molecular weight excluding hydrogens is 294 g/mol. The second-order valence-corrected chi connectivity index (χ2v) is 7.13. The van der Waals surface area contributed by atoms with Crippen LogP contribution in [0.3, 0.4) is 0 Å². The van der Waals surface area contributed by atoms with Gasteiger partial charge in [-0.2, -0.15) is 0 Å². The minimum absolute atomic E-state index is 0.0805. The van der Waals surface area contributed by atoms with Crippen molar-refractivity contribution in [3.63, 3.8) is 0 Å². The Bertz CT molecular complexity index is 670. The predicted octanol–water partition coefficient (Wildman–Crippen LogP) is 2.18. The molecular formula is C17H23N3O3. The lowest BCUT2D eigenvalue weighted by molar-refractivity contribution is -0.132. The number of rotatable bonds is 4. The van der Waals surface area contributed by atoms with Crippen molar-refractivity contribution in [1.82, 2.24) is 0 Å². The highest BCUT2D eigenvalue weighted by atomic mass is 16.2. The van der Waals surface area contributed by atoms with E-state index in [9.17, 15) is 14.4 Å². The lowest BCUT2D eigenvalue weighted by Gasteiger charge is -2.19. The van der Waals surface area contributed by atoms with E-state index in [2.05, 4.69) is 10.6 Å². The standard InChI is InChI=1S/C17H23N3O3/c1-10-9-11(19-15(23)17(7-8-17)13(18)21)5-6-12(10)20-14(22)16(2,3)4/h5-6,9H,7-8H2,1-4H3,(H2,18,21)(H,19,23)(H,20,22). The van der Waals surface area contributed by atoms with Crippen LogP contribution in [0.5, 0.6) is 0 Å². The normalized spacial score (nSPS) is 15.7. The quantitative estimate of drug-likeness (QED) is 0.742. The van der Waals surface area contributed by atoms with E-state index < -0.39 is 16.7 Å². The van der Waals surface area contributed by atoms with Crippen molar-refractivity contribution in [1.29, 1.82) is 0 Å². The van der Waals surface area contributed by atoms with Crippen molar-refractivity contribution >= 4 is 29.1 Å². The maximum atomic E-state index is 12.2. The number of primary amides is 1. The number of amides is 3. The number of carbonyl (C=O) groups is 3. The lowest BCUT2D eigenvalue weighted by Crippen LogP contribution is -2.36. The van der Waals surface area contributed by atoms with Crippen LogP contribution in [0.2, 0.25) is 0 Å². The Kier molecular flexibility index (Phi) is 4.20. The van der Waals surface area contributed by atoms with Crippen LogP contribution in [0.4, 0.5) is 11.4 Å². The van der Waals surface area contributed by atoms with Crippen LogP contribution in [0.15, 0.2) is 18.2 Å². The lowest BCUT2D eigenvalue weighted by atomic mass is 9.95. The van der Waals surface area contributed by atoms with E-state index in [4.69, 9.17) is 5.73 Å². The van der Waals surface area contributed by atoms with Gasteiger partial charge in [0.05, 0.1) is 0 Å². The third-order valence-corrected chi connectivity index (χ3v) is 4.07. The van der Waals surface area contributed by atoms with Crippen LogP contribution in [-0.4, -0.2) is 17.7 Å². The summed E-state index contributed by atoms with van der Waals surface area (Å²) >= 11 is 0. The molecule has 4 N–H and O–H groups in total. The van der Waals surface area contributed by atoms with Gasteiger partial charge in [-0.3, -0.25) is 14.4 Å². The molecule has 0 bridgehead atoms. The number of benzene rings is 1. The van der Waals surface area contributed by atoms with Crippen molar-refractivity contribution in [2.45, 2.75) is 40.5 Å². The van der Waals surface area contributed by atoms with E-state index in [1.165, 1.54) is 0 Å². The van der Waals surface area contributed by atoms with Gasteiger partial charge >= 0.3 is 0 Å². The molecule has 0 aromatic heterocycles. The highest BCUT2D eigenvalue weighted by molar-refractivity contribution is 6.12. The van der Waals surface area contributed by atoms with Gasteiger partial charge in [0, 0.05) is 16.8 Å². The molecule has 2 rings (SSSR count). The zero-order valence-corrected chi connectivity index (χ0v) is 13.9. The smallest absolute Gasteiger partial charge is 0.240 e. The van der Waals surface area contributed by atoms with Gasteiger partial charge in [0.2, 0.25) is 17.7 Å². The molecule has 124 valence electrons. The molecule has 6 nitrogen and oxygen atoms in total. The summed E-state index contributed by atoms with van der Waals surface area (Å²) in [5, 5.41) is 5.59. The zero-order chi connectivity index (χ0) is 17.4. The van der Waals surface area contributed by atoms with Crippen molar-refractivity contribution in [2.75, 3.05) is 10.6 Å². The summed E-state index contributed by atoms with van der Waals surface area (Å²) in [6.45, 7) is 7.36. The maximum absolute atomic E-state index is 12.2. The summed E-state index contributed by atoms with van der Waals surface area (Å²) in [6.07, 6.45) is 0.986. The Labute approximate surface area is 135 Å². The number of nitrogens with one attached hydrogen (secondary N) is 2. The molecule has 23 heavy (non-hydrogen) atoms. The van der Waals surface area contributed by atoms with Gasteiger partial charge in [-0.25, -0.2) is 0 Å². The Morgan fingerprint density at radius 3 is 2.17 bits per heavy atom. The highest BCUT2D eigenvalue weighted by Crippen LogP contribution is 2.46. The molecule has 1 aliphatic carbocycles. The first-order valence-electron chi connectivity index (χ1n) is 7.60. The SMILES string of the molecule is Cc1cc(NC(=O)C2(C(N)=O)CC2)ccc1NC(=O)C(C)(C)C. The molecule has 1 aliphatic rings. The molecule has 0 heterocycles. The number of hydrogen-bond donors (Lipinski definition) is 3. The van der Waals surface area contributed by atoms with Gasteiger partial charge in [0.25, 0.3) is 0 Å². The second kappa shape index (κ2) is 5.68. The molecule has 0 radical (unpaired) electrons. The van der Waals surface area contributed by atoms with E-state index in [-0.39, 0.29) is 11.8 Å². The van der Waals surface area contributed by atoms with E-state index in [0.29, 0.717) is 24.2 Å². The number of nitrogens with two attached hydrogens (primary N) is 1. The van der Waals surface area contributed by atoms with E-state index >= 15 is 0 Å². The van der Waals surface area contributed by atoms with E-state index in [1.54, 1.807) is 18.2 Å². The molecule has 0 atom stereocenters. The van der Waals surface area contributed by atoms with Crippen molar-refractivity contribution < 1.29 is 14.4 Å². The third kappa shape index (κ3) is 3.52. The first kappa shape index (κ1) is 17.0. The minimum atomic E-state index is -1.05. The third-order valence-electron chi connectivity index (χ3n) is 4.07. The largest absolute Gasteiger partial charge is 0.369 e. The van der Waals surface area contributed by atoms with Gasteiger partial charge in [-0.1, -0.05) is 20.8 Å². The average Bonchev–Trinajstić information content (AvgIpc) is 3.22. The molecule has 1 aromatic rings. The Balaban J connectivity index is 2.09. The summed E-state index contributed by atoms with van der Waals surface area (Å²) in [6, 6.07) is 5.19. The molecule has 0 aliphatic heterocycles. The van der Waals surface area contributed by atoms with Crippen LogP contribution in [0.1, 0.15) is 39.2 Å². The summed E-state index contributed by atoms with van der Waals surface area (Å²) in [5.41, 5.74) is 5.85. The van der Waals surface area contributed by atoms with Crippen molar-refractivity contribution in [2.24, 2.45) is 16.6 Å². The fourth-order valence-electron chi connectivity index (χ4n) is 2.15. The number of anilines is 2. The Morgan fingerprint density at radius 1 is 1.13 bits per heavy atom. The fourth-order valence-corrected chi connectivity index (χ4v) is 2.15. The maximum Gasteiger partial charge on any atom is 0.240 e. The molecule has 6 heteroatoms. The Morgan fingerprint density at radius 2 is 1.74 bits per heavy atom. The van der Waals surface area contributed by atoms with Crippen molar-refractivity contribution in [3.05, 3.63) is 23.8 Å². The monoisotopic (exact) mass is 317 g/mol. The first-order chi connectivity index (χ1) is 10.6. The number of hydrogen-bond acceptors (Lipinski definition) is 3. The molecule has 3 amide bonds.